The fourth-order valence-corrected chi connectivity index (χ4v) is 5.98. The Kier molecular flexibility index (Phi) is 4.60. The lowest BCUT2D eigenvalue weighted by molar-refractivity contribution is 1.16. The van der Waals surface area contributed by atoms with E-state index in [9.17, 15) is 0 Å². The second-order valence-electron chi connectivity index (χ2n) is 3.05. The second-order valence-corrected chi connectivity index (χ2v) is 7.74. The van der Waals surface area contributed by atoms with Crippen molar-refractivity contribution in [2.75, 3.05) is 16.6 Å². The maximum absolute atomic E-state index is 3.49. The molecular formula is C10H11BrS3. The topological polar surface area (TPSA) is 0 Å². The fourth-order valence-electron chi connectivity index (χ4n) is 1.21. The second kappa shape index (κ2) is 5.73. The van der Waals surface area contributed by atoms with E-state index >= 15 is 0 Å². The molecule has 1 saturated heterocycles. The standard InChI is InChI=1S/C10H11BrS3/c11-8-2-1-3-9(4-8)13-6-10-5-12-7-14-10/h1-4,10H,5-7H2. The molecule has 76 valence electrons. The van der Waals surface area contributed by atoms with Crippen molar-refractivity contribution in [2.45, 2.75) is 10.1 Å². The van der Waals surface area contributed by atoms with Crippen LogP contribution in [0.25, 0.3) is 0 Å². The highest BCUT2D eigenvalue weighted by Gasteiger charge is 2.15. The van der Waals surface area contributed by atoms with Gasteiger partial charge in [0, 0.05) is 31.2 Å². The highest BCUT2D eigenvalue weighted by Crippen LogP contribution is 2.33. The average Bonchev–Trinajstić information content (AvgIpc) is 2.67. The summed E-state index contributed by atoms with van der Waals surface area (Å²) in [6, 6.07) is 8.55. The number of rotatable bonds is 3. The number of hydrogen-bond acceptors (Lipinski definition) is 3. The van der Waals surface area contributed by atoms with Gasteiger partial charge in [0.1, 0.15) is 0 Å². The quantitative estimate of drug-likeness (QED) is 0.762. The largest absolute Gasteiger partial charge is 0.150 e. The van der Waals surface area contributed by atoms with Crippen LogP contribution in [0.4, 0.5) is 0 Å². The monoisotopic (exact) mass is 306 g/mol. The van der Waals surface area contributed by atoms with Gasteiger partial charge in [-0.25, -0.2) is 0 Å². The van der Waals surface area contributed by atoms with Crippen LogP contribution in [-0.4, -0.2) is 21.8 Å². The van der Waals surface area contributed by atoms with Gasteiger partial charge in [0.05, 0.1) is 0 Å². The smallest absolute Gasteiger partial charge is 0.0395 e. The summed E-state index contributed by atoms with van der Waals surface area (Å²) in [7, 11) is 0. The Morgan fingerprint density at radius 1 is 1.50 bits per heavy atom. The van der Waals surface area contributed by atoms with Crippen molar-refractivity contribution in [2.24, 2.45) is 0 Å². The molecule has 0 nitrogen and oxygen atoms in total. The Morgan fingerprint density at radius 2 is 2.43 bits per heavy atom. The number of halogens is 1. The van der Waals surface area contributed by atoms with Crippen molar-refractivity contribution in [3.63, 3.8) is 0 Å². The molecule has 0 spiro atoms. The number of hydrogen-bond donors (Lipinski definition) is 0. The summed E-state index contributed by atoms with van der Waals surface area (Å²) >= 11 is 9.62. The molecule has 1 heterocycles. The normalized spacial score (nSPS) is 21.4. The molecule has 0 bridgehead atoms. The van der Waals surface area contributed by atoms with Crippen LogP contribution in [0.5, 0.6) is 0 Å². The highest BCUT2D eigenvalue weighted by atomic mass is 79.9. The van der Waals surface area contributed by atoms with Crippen LogP contribution in [0.3, 0.4) is 0 Å². The van der Waals surface area contributed by atoms with E-state index in [2.05, 4.69) is 63.7 Å². The van der Waals surface area contributed by atoms with E-state index in [1.165, 1.54) is 26.0 Å². The van der Waals surface area contributed by atoms with Crippen LogP contribution in [0.15, 0.2) is 33.6 Å². The van der Waals surface area contributed by atoms with Crippen molar-refractivity contribution in [3.05, 3.63) is 28.7 Å². The van der Waals surface area contributed by atoms with Crippen LogP contribution in [0.1, 0.15) is 0 Å². The molecule has 0 aliphatic carbocycles. The van der Waals surface area contributed by atoms with Crippen molar-refractivity contribution in [1.29, 1.82) is 0 Å². The molecule has 1 aliphatic rings. The van der Waals surface area contributed by atoms with Crippen molar-refractivity contribution < 1.29 is 0 Å². The van der Waals surface area contributed by atoms with Gasteiger partial charge in [-0.2, -0.15) is 0 Å². The van der Waals surface area contributed by atoms with Gasteiger partial charge in [0.2, 0.25) is 0 Å². The van der Waals surface area contributed by atoms with Gasteiger partial charge in [0.25, 0.3) is 0 Å². The molecule has 0 amide bonds. The van der Waals surface area contributed by atoms with Crippen molar-refractivity contribution >= 4 is 51.2 Å². The van der Waals surface area contributed by atoms with E-state index in [1.807, 2.05) is 11.8 Å². The van der Waals surface area contributed by atoms with Gasteiger partial charge < -0.3 is 0 Å². The first-order valence-corrected chi connectivity index (χ1v) is 8.40. The molecule has 1 aliphatic heterocycles. The van der Waals surface area contributed by atoms with E-state index in [1.54, 1.807) is 0 Å². The molecule has 2 rings (SSSR count). The average molecular weight is 307 g/mol. The van der Waals surface area contributed by atoms with Crippen molar-refractivity contribution in [3.8, 4) is 0 Å². The first-order valence-electron chi connectivity index (χ1n) is 4.42. The van der Waals surface area contributed by atoms with E-state index in [4.69, 9.17) is 0 Å². The molecule has 1 atom stereocenters. The zero-order valence-corrected chi connectivity index (χ0v) is 11.6. The molecule has 1 aromatic rings. The molecule has 0 saturated carbocycles. The molecule has 0 aromatic heterocycles. The third-order valence-corrected chi connectivity index (χ3v) is 6.65. The lowest BCUT2D eigenvalue weighted by Gasteiger charge is -2.06. The number of thioether (sulfide) groups is 3. The van der Waals surface area contributed by atoms with Gasteiger partial charge in [-0.05, 0) is 18.2 Å². The Hall–Kier alpha value is 0.750. The summed E-state index contributed by atoms with van der Waals surface area (Å²) in [5.74, 6) is 2.57. The Morgan fingerprint density at radius 3 is 3.14 bits per heavy atom. The predicted octanol–water partition coefficient (Wildman–Crippen LogP) is 4.35. The van der Waals surface area contributed by atoms with Crippen LogP contribution < -0.4 is 0 Å². The molecule has 4 heteroatoms. The maximum atomic E-state index is 3.49. The third kappa shape index (κ3) is 3.40. The van der Waals surface area contributed by atoms with Gasteiger partial charge in [-0.1, -0.05) is 22.0 Å². The van der Waals surface area contributed by atoms with Gasteiger partial charge >= 0.3 is 0 Å². The van der Waals surface area contributed by atoms with E-state index < -0.39 is 0 Å². The molecule has 1 aromatic carbocycles. The summed E-state index contributed by atoms with van der Waals surface area (Å²) in [5, 5.41) is 2.13. The Bertz CT molecular complexity index is 297. The Balaban J connectivity index is 1.85. The van der Waals surface area contributed by atoms with Gasteiger partial charge in [-0.3, -0.25) is 0 Å². The van der Waals surface area contributed by atoms with Crippen LogP contribution in [0, 0.1) is 0 Å². The van der Waals surface area contributed by atoms with Crippen molar-refractivity contribution in [1.82, 2.24) is 0 Å². The van der Waals surface area contributed by atoms with Gasteiger partial charge in [-0.15, -0.1) is 35.3 Å². The fraction of sp³-hybridized carbons (Fsp3) is 0.400. The summed E-state index contributed by atoms with van der Waals surface area (Å²) < 4.78 is 1.18. The zero-order chi connectivity index (χ0) is 9.80. The minimum Gasteiger partial charge on any atom is -0.150 e. The summed E-state index contributed by atoms with van der Waals surface area (Å²) in [6.07, 6.45) is 0. The lowest BCUT2D eigenvalue weighted by Crippen LogP contribution is -2.03. The van der Waals surface area contributed by atoms with Gasteiger partial charge in [0.15, 0.2) is 0 Å². The third-order valence-electron chi connectivity index (χ3n) is 1.92. The molecule has 1 unspecified atom stereocenters. The van der Waals surface area contributed by atoms with E-state index in [-0.39, 0.29) is 0 Å². The minimum atomic E-state index is 0.851. The SMILES string of the molecule is Brc1cccc(SCC2CSCS2)c1. The van der Waals surface area contributed by atoms with E-state index in [0.717, 1.165) is 5.25 Å². The maximum Gasteiger partial charge on any atom is 0.0395 e. The molecule has 1 fully saturated rings. The van der Waals surface area contributed by atoms with Crippen LogP contribution in [-0.2, 0) is 0 Å². The number of benzene rings is 1. The first-order chi connectivity index (χ1) is 6.84. The molecule has 0 radical (unpaired) electrons. The van der Waals surface area contributed by atoms with Crippen LogP contribution in [0.2, 0.25) is 0 Å². The van der Waals surface area contributed by atoms with Crippen LogP contribution >= 0.6 is 51.2 Å². The highest BCUT2D eigenvalue weighted by molar-refractivity contribution is 9.10. The summed E-state index contributed by atoms with van der Waals surface area (Å²) in [5.41, 5.74) is 0. The molecular weight excluding hydrogens is 296 g/mol. The first kappa shape index (κ1) is 11.2. The van der Waals surface area contributed by atoms with E-state index in [0.29, 0.717) is 0 Å². The zero-order valence-electron chi connectivity index (χ0n) is 7.61. The minimum absolute atomic E-state index is 0.851. The molecule has 0 N–H and O–H groups in total. The Labute approximate surface area is 106 Å². The lowest BCUT2D eigenvalue weighted by atomic mass is 10.4. The summed E-state index contributed by atoms with van der Waals surface area (Å²) in [4.78, 5) is 1.37. The summed E-state index contributed by atoms with van der Waals surface area (Å²) in [6.45, 7) is 0. The molecule has 14 heavy (non-hydrogen) atoms. The predicted molar refractivity (Wildman–Crippen MR) is 73.6 cm³/mol.